The van der Waals surface area contributed by atoms with Gasteiger partial charge in [-0.1, -0.05) is 53.5 Å². The van der Waals surface area contributed by atoms with E-state index in [4.69, 9.17) is 20.4 Å². The zero-order valence-corrected chi connectivity index (χ0v) is 18.3. The Bertz CT molecular complexity index is 1550. The van der Waals surface area contributed by atoms with Crippen molar-refractivity contribution in [2.45, 2.75) is 66.0 Å². The van der Waals surface area contributed by atoms with E-state index in [9.17, 15) is 0 Å². The summed E-state index contributed by atoms with van der Waals surface area (Å²) >= 11 is 0. The largest absolute Gasteiger partial charge is 0.437 e. The highest BCUT2D eigenvalue weighted by molar-refractivity contribution is 6.08. The highest BCUT2D eigenvalue weighted by atomic mass is 16.3. The molecule has 0 aliphatic rings. The number of pyridine rings is 2. The minimum absolute atomic E-state index is 0.0324. The molecule has 0 aliphatic carbocycles. The predicted octanol–water partition coefficient (Wildman–Crippen LogP) is 7.15. The second-order valence-corrected chi connectivity index (χ2v) is 8.33. The fourth-order valence-electron chi connectivity index (χ4n) is 3.98. The standard InChI is InChI=1S/C27H33N2O/c1-15(2)21-13-24(29(8)14-22(21)16(3)4)25-18(7)9-10-19-20-11-12-23(17(5)6)28-27(20)30-26(19)25/h9-17H,1-8H3/q+1/i1D3,3D3,15D,16D. The molecule has 3 heteroatoms. The summed E-state index contributed by atoms with van der Waals surface area (Å²) in [7, 11) is 1.71. The smallest absolute Gasteiger partial charge is 0.227 e. The molecule has 0 amide bonds. The van der Waals surface area contributed by atoms with Crippen molar-refractivity contribution < 1.29 is 20.0 Å². The van der Waals surface area contributed by atoms with Crippen LogP contribution in [0.5, 0.6) is 0 Å². The number of hydrogen-bond donors (Lipinski definition) is 0. The first kappa shape index (κ1) is 12.9. The van der Waals surface area contributed by atoms with Gasteiger partial charge in [0.05, 0.1) is 5.56 Å². The van der Waals surface area contributed by atoms with Crippen LogP contribution >= 0.6 is 0 Å². The lowest BCUT2D eigenvalue weighted by Crippen LogP contribution is -2.32. The van der Waals surface area contributed by atoms with E-state index >= 15 is 0 Å². The molecule has 0 N–H and O–H groups in total. The van der Waals surface area contributed by atoms with Gasteiger partial charge in [-0.2, -0.15) is 0 Å². The minimum Gasteiger partial charge on any atom is -0.437 e. The Morgan fingerprint density at radius 1 is 1.00 bits per heavy atom. The fourth-order valence-corrected chi connectivity index (χ4v) is 3.98. The fraction of sp³-hybridized carbons (Fsp3) is 0.407. The normalized spacial score (nSPS) is 20.9. The quantitative estimate of drug-likeness (QED) is 0.335. The maximum Gasteiger partial charge on any atom is 0.227 e. The number of nitrogens with zero attached hydrogens (tertiary/aromatic N) is 2. The maximum absolute atomic E-state index is 8.87. The Hall–Kier alpha value is -2.68. The van der Waals surface area contributed by atoms with E-state index in [1.54, 1.807) is 11.6 Å². The molecule has 1 aromatic carbocycles. The topological polar surface area (TPSA) is 29.9 Å². The van der Waals surface area contributed by atoms with E-state index in [0.717, 1.165) is 22.0 Å². The summed E-state index contributed by atoms with van der Waals surface area (Å²) < 4.78 is 73.7. The first-order chi connectivity index (χ1) is 17.3. The molecule has 0 bridgehead atoms. The molecule has 0 spiro atoms. The molecule has 2 atom stereocenters. The van der Waals surface area contributed by atoms with Crippen LogP contribution in [0.15, 0.2) is 40.9 Å². The molecule has 4 aromatic rings. The van der Waals surface area contributed by atoms with Gasteiger partial charge >= 0.3 is 0 Å². The summed E-state index contributed by atoms with van der Waals surface area (Å²) in [6, 6.07) is 9.39. The van der Waals surface area contributed by atoms with Gasteiger partial charge < -0.3 is 4.42 Å². The molecular formula is C27H33N2O+. The first-order valence-corrected chi connectivity index (χ1v) is 10.2. The lowest BCUT2D eigenvalue weighted by Gasteiger charge is -2.16. The van der Waals surface area contributed by atoms with Crippen LogP contribution in [0.3, 0.4) is 0 Å². The Labute approximate surface area is 191 Å². The van der Waals surface area contributed by atoms with Crippen molar-refractivity contribution in [3.63, 3.8) is 0 Å². The first-order valence-electron chi connectivity index (χ1n) is 14.2. The summed E-state index contributed by atoms with van der Waals surface area (Å²) in [4.78, 5) is 4.70. The van der Waals surface area contributed by atoms with Gasteiger partial charge in [0.25, 0.3) is 0 Å². The average Bonchev–Trinajstić information content (AvgIpc) is 3.15. The van der Waals surface area contributed by atoms with Gasteiger partial charge in [-0.05, 0) is 47.9 Å². The van der Waals surface area contributed by atoms with E-state index < -0.39 is 25.5 Å². The van der Waals surface area contributed by atoms with Crippen LogP contribution in [0.2, 0.25) is 0 Å². The van der Waals surface area contributed by atoms with E-state index in [1.165, 1.54) is 26.1 Å². The van der Waals surface area contributed by atoms with Gasteiger partial charge in [0, 0.05) is 39.1 Å². The molecule has 0 saturated carbocycles. The van der Waals surface area contributed by atoms with Crippen molar-refractivity contribution in [2.24, 2.45) is 7.05 Å². The van der Waals surface area contributed by atoms with E-state index in [2.05, 4.69) is 13.8 Å². The molecule has 3 heterocycles. The number of furan rings is 1. The van der Waals surface area contributed by atoms with Crippen molar-refractivity contribution in [3.8, 4) is 11.3 Å². The van der Waals surface area contributed by atoms with Crippen molar-refractivity contribution in [3.05, 3.63) is 58.9 Å². The van der Waals surface area contributed by atoms with Crippen LogP contribution in [-0.4, -0.2) is 4.98 Å². The molecule has 0 saturated heterocycles. The number of fused-ring (bicyclic) bond motifs is 3. The third kappa shape index (κ3) is 3.30. The van der Waals surface area contributed by atoms with Crippen LogP contribution in [0.1, 0.15) is 92.5 Å². The number of aromatic nitrogens is 2. The molecular weight excluding hydrogens is 368 g/mol. The molecule has 0 fully saturated rings. The zero-order valence-electron chi connectivity index (χ0n) is 26.3. The van der Waals surface area contributed by atoms with Gasteiger partial charge in [-0.25, -0.2) is 9.55 Å². The second-order valence-electron chi connectivity index (χ2n) is 8.33. The lowest BCUT2D eigenvalue weighted by molar-refractivity contribution is -0.660. The van der Waals surface area contributed by atoms with E-state index in [1.807, 2.05) is 31.2 Å². The zero-order chi connectivity index (χ0) is 28.6. The van der Waals surface area contributed by atoms with Crippen LogP contribution < -0.4 is 4.57 Å². The SMILES string of the molecule is [2H]C([2H])([2H])C([2H])(C)c1cc(-c2c(C)ccc3c2oc2nc(C(C)C)ccc23)[n+](C)cc1C([2H])(C)C([2H])([2H])[2H]. The lowest BCUT2D eigenvalue weighted by atomic mass is 9.90. The summed E-state index contributed by atoms with van der Waals surface area (Å²) in [6.07, 6.45) is 1.47. The third-order valence-electron chi connectivity index (χ3n) is 5.67. The van der Waals surface area contributed by atoms with Gasteiger partial charge in [0.2, 0.25) is 11.4 Å². The van der Waals surface area contributed by atoms with Crippen molar-refractivity contribution in [2.75, 3.05) is 0 Å². The molecule has 0 aliphatic heterocycles. The summed E-state index contributed by atoms with van der Waals surface area (Å²) in [5.41, 5.74) is 3.96. The Morgan fingerprint density at radius 2 is 1.70 bits per heavy atom. The van der Waals surface area contributed by atoms with E-state index in [-0.39, 0.29) is 17.0 Å². The highest BCUT2D eigenvalue weighted by Gasteiger charge is 2.24. The summed E-state index contributed by atoms with van der Waals surface area (Å²) in [5.74, 6) is -4.11. The van der Waals surface area contributed by atoms with Crippen molar-refractivity contribution in [1.29, 1.82) is 0 Å². The molecule has 30 heavy (non-hydrogen) atoms. The predicted molar refractivity (Wildman–Crippen MR) is 125 cm³/mol. The molecule has 2 unspecified atom stereocenters. The van der Waals surface area contributed by atoms with Crippen LogP contribution in [0.25, 0.3) is 33.3 Å². The van der Waals surface area contributed by atoms with Crippen LogP contribution in [0, 0.1) is 6.92 Å². The Kier molecular flexibility index (Phi) is 3.24. The number of benzene rings is 1. The van der Waals surface area contributed by atoms with Crippen molar-refractivity contribution >= 4 is 22.1 Å². The molecule has 156 valence electrons. The maximum atomic E-state index is 8.87. The Morgan fingerprint density at radius 3 is 2.40 bits per heavy atom. The van der Waals surface area contributed by atoms with Gasteiger partial charge in [0.1, 0.15) is 7.05 Å². The van der Waals surface area contributed by atoms with Crippen LogP contribution in [0.4, 0.5) is 0 Å². The second kappa shape index (κ2) is 7.54. The van der Waals surface area contributed by atoms with Crippen LogP contribution in [-0.2, 0) is 7.05 Å². The molecule has 0 radical (unpaired) electrons. The molecule has 4 rings (SSSR count). The number of aryl methyl sites for hydroxylation is 2. The minimum atomic E-state index is -2.78. The molecule has 3 nitrogen and oxygen atoms in total. The van der Waals surface area contributed by atoms with Crippen molar-refractivity contribution in [1.82, 2.24) is 4.98 Å². The monoisotopic (exact) mass is 409 g/mol. The van der Waals surface area contributed by atoms with Gasteiger partial charge in [-0.15, -0.1) is 0 Å². The summed E-state index contributed by atoms with van der Waals surface area (Å²) in [5, 5.41) is 1.69. The van der Waals surface area contributed by atoms with Gasteiger partial charge in [0.15, 0.2) is 11.8 Å². The highest BCUT2D eigenvalue weighted by Crippen LogP contribution is 2.38. The summed E-state index contributed by atoms with van der Waals surface area (Å²) in [6.45, 7) is 2.96. The third-order valence-corrected chi connectivity index (χ3v) is 5.67. The number of hydrogen-bond acceptors (Lipinski definition) is 2. The number of rotatable bonds is 4. The van der Waals surface area contributed by atoms with Gasteiger partial charge in [-0.3, -0.25) is 0 Å². The Balaban J connectivity index is 2.11. The molecule has 3 aromatic heterocycles. The van der Waals surface area contributed by atoms with E-state index in [0.29, 0.717) is 22.6 Å². The average molecular weight is 410 g/mol.